The van der Waals surface area contributed by atoms with Gasteiger partial charge in [-0.1, -0.05) is 6.07 Å². The lowest BCUT2D eigenvalue weighted by molar-refractivity contribution is 0.268. The number of aliphatic hydroxyl groups is 1. The molecule has 0 aromatic carbocycles. The summed E-state index contributed by atoms with van der Waals surface area (Å²) in [5.41, 5.74) is 6.43. The van der Waals surface area contributed by atoms with E-state index in [9.17, 15) is 0 Å². The van der Waals surface area contributed by atoms with Gasteiger partial charge in [-0.3, -0.25) is 0 Å². The highest BCUT2D eigenvalue weighted by atomic mass is 16.3. The topological polar surface area (TPSA) is 89.8 Å². The van der Waals surface area contributed by atoms with Crippen molar-refractivity contribution < 1.29 is 5.11 Å². The van der Waals surface area contributed by atoms with E-state index in [1.807, 2.05) is 6.07 Å². The van der Waals surface area contributed by atoms with Gasteiger partial charge in [0.05, 0.1) is 12.6 Å². The number of pyridine rings is 1. The van der Waals surface area contributed by atoms with Crippen molar-refractivity contribution in [1.82, 2.24) is 19.7 Å². The third-order valence-electron chi connectivity index (χ3n) is 2.05. The summed E-state index contributed by atoms with van der Waals surface area (Å²) in [4.78, 5) is 7.98. The number of aliphatic hydroxyl groups excluding tert-OH is 1. The molecule has 2 aromatic rings. The number of aromatic nitrogens is 4. The van der Waals surface area contributed by atoms with Gasteiger partial charge in [0.1, 0.15) is 12.7 Å². The van der Waals surface area contributed by atoms with Gasteiger partial charge in [-0.25, -0.2) is 14.6 Å². The van der Waals surface area contributed by atoms with E-state index in [-0.39, 0.29) is 12.6 Å². The fourth-order valence-corrected chi connectivity index (χ4v) is 1.18. The van der Waals surface area contributed by atoms with Gasteiger partial charge in [-0.2, -0.15) is 5.10 Å². The van der Waals surface area contributed by atoms with Gasteiger partial charge in [0.25, 0.3) is 0 Å². The Morgan fingerprint density at radius 1 is 1.47 bits per heavy atom. The molecule has 0 aliphatic carbocycles. The highest BCUT2D eigenvalue weighted by molar-refractivity contribution is 5.25. The molecule has 2 aromatic heterocycles. The molecule has 0 bridgehead atoms. The lowest BCUT2D eigenvalue weighted by Gasteiger charge is -2.08. The van der Waals surface area contributed by atoms with Gasteiger partial charge in [0.2, 0.25) is 0 Å². The average Bonchev–Trinajstić information content (AvgIpc) is 2.82. The Bertz CT molecular complexity index is 411. The van der Waals surface area contributed by atoms with E-state index in [0.717, 1.165) is 5.56 Å². The van der Waals surface area contributed by atoms with Crippen LogP contribution in [0.25, 0.3) is 5.82 Å². The normalized spacial score (nSPS) is 12.7. The second-order valence-electron chi connectivity index (χ2n) is 3.08. The van der Waals surface area contributed by atoms with E-state index < -0.39 is 0 Å². The van der Waals surface area contributed by atoms with Crippen LogP contribution in [0.3, 0.4) is 0 Å². The van der Waals surface area contributed by atoms with E-state index in [1.165, 1.54) is 6.33 Å². The van der Waals surface area contributed by atoms with Crippen LogP contribution in [-0.4, -0.2) is 31.5 Å². The van der Waals surface area contributed by atoms with Crippen molar-refractivity contribution in [1.29, 1.82) is 0 Å². The van der Waals surface area contributed by atoms with Crippen molar-refractivity contribution in [2.24, 2.45) is 5.73 Å². The average molecular weight is 205 g/mol. The van der Waals surface area contributed by atoms with Crippen molar-refractivity contribution in [3.05, 3.63) is 36.5 Å². The fourth-order valence-electron chi connectivity index (χ4n) is 1.18. The van der Waals surface area contributed by atoms with Crippen molar-refractivity contribution in [3.8, 4) is 5.82 Å². The second kappa shape index (κ2) is 4.16. The lowest BCUT2D eigenvalue weighted by Crippen LogP contribution is -2.14. The molecule has 0 fully saturated rings. The van der Waals surface area contributed by atoms with Crippen LogP contribution in [0.2, 0.25) is 0 Å². The van der Waals surface area contributed by atoms with Crippen molar-refractivity contribution in [2.45, 2.75) is 6.04 Å². The first-order valence-corrected chi connectivity index (χ1v) is 4.48. The SMILES string of the molecule is N[C@H](CO)c1ccc(-n2cncn2)nc1. The highest BCUT2D eigenvalue weighted by Crippen LogP contribution is 2.09. The highest BCUT2D eigenvalue weighted by Gasteiger charge is 2.05. The van der Waals surface area contributed by atoms with Crippen LogP contribution in [0.5, 0.6) is 0 Å². The van der Waals surface area contributed by atoms with Crippen molar-refractivity contribution in [2.75, 3.05) is 6.61 Å². The van der Waals surface area contributed by atoms with Crippen LogP contribution in [0, 0.1) is 0 Å². The Kier molecular flexibility index (Phi) is 2.70. The zero-order valence-corrected chi connectivity index (χ0v) is 7.98. The third-order valence-corrected chi connectivity index (χ3v) is 2.05. The largest absolute Gasteiger partial charge is 0.394 e. The van der Waals surface area contributed by atoms with Gasteiger partial charge >= 0.3 is 0 Å². The van der Waals surface area contributed by atoms with Crippen LogP contribution in [0.15, 0.2) is 31.0 Å². The predicted octanol–water partition coefficient (Wildman–Crippen LogP) is -0.346. The Balaban J connectivity index is 2.25. The summed E-state index contributed by atoms with van der Waals surface area (Å²) in [6.45, 7) is -0.0929. The molecule has 78 valence electrons. The minimum atomic E-state index is -0.387. The lowest BCUT2D eigenvalue weighted by atomic mass is 10.1. The summed E-state index contributed by atoms with van der Waals surface area (Å²) >= 11 is 0. The summed E-state index contributed by atoms with van der Waals surface area (Å²) in [7, 11) is 0. The molecule has 1 atom stereocenters. The zero-order valence-electron chi connectivity index (χ0n) is 7.98. The number of hydrogen-bond acceptors (Lipinski definition) is 5. The minimum absolute atomic E-state index is 0.0929. The summed E-state index contributed by atoms with van der Waals surface area (Å²) in [6.07, 6.45) is 4.63. The molecule has 0 aliphatic rings. The first-order chi connectivity index (χ1) is 7.31. The molecule has 0 unspecified atom stereocenters. The van der Waals surface area contributed by atoms with Crippen LogP contribution >= 0.6 is 0 Å². The number of nitrogens with two attached hydrogens (primary N) is 1. The van der Waals surface area contributed by atoms with Crippen LogP contribution in [-0.2, 0) is 0 Å². The van der Waals surface area contributed by atoms with E-state index in [4.69, 9.17) is 10.8 Å². The predicted molar refractivity (Wildman–Crippen MR) is 53.2 cm³/mol. The molecule has 0 radical (unpaired) electrons. The molecule has 0 saturated carbocycles. The summed E-state index contributed by atoms with van der Waals surface area (Å²) in [6, 6.07) is 3.20. The molecule has 2 rings (SSSR count). The Morgan fingerprint density at radius 3 is 2.87 bits per heavy atom. The van der Waals surface area contributed by atoms with E-state index >= 15 is 0 Å². The maximum atomic E-state index is 8.86. The maximum Gasteiger partial charge on any atom is 0.155 e. The fraction of sp³-hybridized carbons (Fsp3) is 0.222. The molecule has 0 saturated heterocycles. The molecule has 0 amide bonds. The molecule has 6 heteroatoms. The van der Waals surface area contributed by atoms with E-state index in [0.29, 0.717) is 5.82 Å². The van der Waals surface area contributed by atoms with Gasteiger partial charge in [-0.05, 0) is 11.6 Å². The molecule has 3 N–H and O–H groups in total. The number of nitrogens with zero attached hydrogens (tertiary/aromatic N) is 4. The molecule has 2 heterocycles. The van der Waals surface area contributed by atoms with Crippen molar-refractivity contribution >= 4 is 0 Å². The summed E-state index contributed by atoms with van der Waals surface area (Å²) < 4.78 is 1.55. The molecule has 15 heavy (non-hydrogen) atoms. The van der Waals surface area contributed by atoms with Crippen LogP contribution in [0.4, 0.5) is 0 Å². The molecule has 0 spiro atoms. The first-order valence-electron chi connectivity index (χ1n) is 4.48. The summed E-state index contributed by atoms with van der Waals surface area (Å²) in [5, 5.41) is 12.8. The van der Waals surface area contributed by atoms with Gasteiger partial charge < -0.3 is 10.8 Å². The molecule has 0 aliphatic heterocycles. The minimum Gasteiger partial charge on any atom is -0.394 e. The van der Waals surface area contributed by atoms with E-state index in [2.05, 4.69) is 15.1 Å². The Morgan fingerprint density at radius 2 is 2.33 bits per heavy atom. The maximum absolute atomic E-state index is 8.86. The van der Waals surface area contributed by atoms with Gasteiger partial charge in [-0.15, -0.1) is 0 Å². The van der Waals surface area contributed by atoms with Gasteiger partial charge in [0.15, 0.2) is 5.82 Å². The number of hydrogen-bond donors (Lipinski definition) is 2. The Labute approximate surface area is 86.4 Å². The second-order valence-corrected chi connectivity index (χ2v) is 3.08. The third kappa shape index (κ3) is 2.00. The van der Waals surface area contributed by atoms with Gasteiger partial charge in [0, 0.05) is 6.20 Å². The van der Waals surface area contributed by atoms with E-state index in [1.54, 1.807) is 23.3 Å². The first kappa shape index (κ1) is 9.75. The quantitative estimate of drug-likeness (QED) is 0.715. The standard InChI is InChI=1S/C9H11N5O/c10-8(4-15)7-1-2-9(12-3-7)14-6-11-5-13-14/h1-3,5-6,8,15H,4,10H2/t8-/m1/s1. The molecule has 6 nitrogen and oxygen atoms in total. The van der Waals surface area contributed by atoms with Crippen LogP contribution in [0.1, 0.15) is 11.6 Å². The summed E-state index contributed by atoms with van der Waals surface area (Å²) in [5.74, 6) is 0.668. The smallest absolute Gasteiger partial charge is 0.155 e. The molecular formula is C9H11N5O. The monoisotopic (exact) mass is 205 g/mol. The Hall–Kier alpha value is -1.79. The number of rotatable bonds is 3. The zero-order chi connectivity index (χ0) is 10.7. The molecular weight excluding hydrogens is 194 g/mol. The van der Waals surface area contributed by atoms with Crippen LogP contribution < -0.4 is 5.73 Å². The van der Waals surface area contributed by atoms with Crippen molar-refractivity contribution in [3.63, 3.8) is 0 Å².